The summed E-state index contributed by atoms with van der Waals surface area (Å²) in [5, 5.41) is 9.84. The Labute approximate surface area is 108 Å². The molecule has 0 amide bonds. The summed E-state index contributed by atoms with van der Waals surface area (Å²) >= 11 is 0. The summed E-state index contributed by atoms with van der Waals surface area (Å²) in [5.74, 6) is 0.404. The highest BCUT2D eigenvalue weighted by atomic mass is 19.1. The summed E-state index contributed by atoms with van der Waals surface area (Å²) in [6.07, 6.45) is 0.508. The molecule has 0 aromatic heterocycles. The van der Waals surface area contributed by atoms with Crippen molar-refractivity contribution in [2.75, 3.05) is 11.4 Å². The summed E-state index contributed by atoms with van der Waals surface area (Å²) in [4.78, 5) is 2.29. The number of rotatable bonds is 2. The first kappa shape index (κ1) is 13.3. The smallest absolute Gasteiger partial charge is 0.126 e. The minimum absolute atomic E-state index is 0.241. The third-order valence-electron chi connectivity index (χ3n) is 3.85. The number of anilines is 1. The Hall–Kier alpha value is -1.09. The van der Waals surface area contributed by atoms with Gasteiger partial charge in [0, 0.05) is 23.8 Å². The predicted octanol–water partition coefficient (Wildman–Crippen LogP) is 3.42. The molecule has 0 bridgehead atoms. The maximum absolute atomic E-state index is 13.7. The van der Waals surface area contributed by atoms with Crippen LogP contribution in [0.2, 0.25) is 0 Å². The standard InChI is InChI=1S/C15H22FNO/c1-9-5-11(3)17(8-9)15-6-10(2)14(16)7-13(15)12(4)18/h6-7,9,11-12,18H,5,8H2,1-4H3/t9?,11?,12-/m0/s1. The number of aliphatic hydroxyl groups excluding tert-OH is 1. The van der Waals surface area contributed by atoms with Gasteiger partial charge in [0.15, 0.2) is 0 Å². The lowest BCUT2D eigenvalue weighted by Crippen LogP contribution is -2.28. The fourth-order valence-electron chi connectivity index (χ4n) is 2.90. The molecule has 2 nitrogen and oxygen atoms in total. The van der Waals surface area contributed by atoms with E-state index in [4.69, 9.17) is 0 Å². The van der Waals surface area contributed by atoms with Crippen LogP contribution in [0, 0.1) is 18.7 Å². The minimum atomic E-state index is -0.641. The van der Waals surface area contributed by atoms with Crippen molar-refractivity contribution in [3.63, 3.8) is 0 Å². The molecule has 1 N–H and O–H groups in total. The van der Waals surface area contributed by atoms with Gasteiger partial charge >= 0.3 is 0 Å². The molecule has 1 fully saturated rings. The Bertz CT molecular complexity index is 444. The van der Waals surface area contributed by atoms with Crippen LogP contribution in [0.5, 0.6) is 0 Å². The highest BCUT2D eigenvalue weighted by Crippen LogP contribution is 2.35. The lowest BCUT2D eigenvalue weighted by Gasteiger charge is -2.28. The van der Waals surface area contributed by atoms with Crippen LogP contribution in [-0.4, -0.2) is 17.7 Å². The molecular weight excluding hydrogens is 229 g/mol. The quantitative estimate of drug-likeness (QED) is 0.870. The molecule has 1 aliphatic heterocycles. The van der Waals surface area contributed by atoms with Gasteiger partial charge in [-0.25, -0.2) is 4.39 Å². The van der Waals surface area contributed by atoms with E-state index in [9.17, 15) is 9.50 Å². The molecule has 2 unspecified atom stereocenters. The van der Waals surface area contributed by atoms with Gasteiger partial charge in [-0.1, -0.05) is 6.92 Å². The van der Waals surface area contributed by atoms with Gasteiger partial charge < -0.3 is 10.0 Å². The lowest BCUT2D eigenvalue weighted by atomic mass is 10.0. The Balaban J connectivity index is 2.46. The molecule has 1 heterocycles. The second-order valence-electron chi connectivity index (χ2n) is 5.68. The Kier molecular flexibility index (Phi) is 3.62. The van der Waals surface area contributed by atoms with Crippen LogP contribution >= 0.6 is 0 Å². The fraction of sp³-hybridized carbons (Fsp3) is 0.600. The number of hydrogen-bond donors (Lipinski definition) is 1. The van der Waals surface area contributed by atoms with E-state index in [0.717, 1.165) is 18.7 Å². The number of aliphatic hydroxyl groups is 1. The van der Waals surface area contributed by atoms with Gasteiger partial charge in [-0.15, -0.1) is 0 Å². The van der Waals surface area contributed by atoms with Crippen LogP contribution in [0.25, 0.3) is 0 Å². The van der Waals surface area contributed by atoms with Gasteiger partial charge in [-0.3, -0.25) is 0 Å². The van der Waals surface area contributed by atoms with Gasteiger partial charge in [-0.05, 0) is 50.8 Å². The van der Waals surface area contributed by atoms with E-state index in [1.807, 2.05) is 6.07 Å². The molecule has 1 aliphatic rings. The van der Waals surface area contributed by atoms with Crippen molar-refractivity contribution < 1.29 is 9.50 Å². The zero-order chi connectivity index (χ0) is 13.4. The summed E-state index contributed by atoms with van der Waals surface area (Å²) in [7, 11) is 0. The second kappa shape index (κ2) is 4.88. The maximum atomic E-state index is 13.7. The molecule has 0 saturated carbocycles. The summed E-state index contributed by atoms with van der Waals surface area (Å²) in [6.45, 7) is 8.86. The van der Waals surface area contributed by atoms with Crippen LogP contribution in [0.3, 0.4) is 0 Å². The molecule has 2 rings (SSSR count). The molecule has 3 heteroatoms. The third kappa shape index (κ3) is 2.37. The first-order chi connectivity index (χ1) is 8.40. The van der Waals surface area contributed by atoms with E-state index in [2.05, 4.69) is 18.7 Å². The van der Waals surface area contributed by atoms with E-state index in [-0.39, 0.29) is 5.82 Å². The van der Waals surface area contributed by atoms with E-state index in [0.29, 0.717) is 23.1 Å². The molecule has 1 aromatic carbocycles. The van der Waals surface area contributed by atoms with Gasteiger partial charge in [0.1, 0.15) is 5.82 Å². The monoisotopic (exact) mass is 251 g/mol. The van der Waals surface area contributed by atoms with Crippen molar-refractivity contribution in [2.24, 2.45) is 5.92 Å². The van der Waals surface area contributed by atoms with Gasteiger partial charge in [0.2, 0.25) is 0 Å². The van der Waals surface area contributed by atoms with Gasteiger partial charge in [-0.2, -0.15) is 0 Å². The third-order valence-corrected chi connectivity index (χ3v) is 3.85. The number of nitrogens with zero attached hydrogens (tertiary/aromatic N) is 1. The van der Waals surface area contributed by atoms with Gasteiger partial charge in [0.05, 0.1) is 6.10 Å². The van der Waals surface area contributed by atoms with Crippen molar-refractivity contribution in [1.29, 1.82) is 0 Å². The fourth-order valence-corrected chi connectivity index (χ4v) is 2.90. The van der Waals surface area contributed by atoms with Crippen LogP contribution < -0.4 is 4.90 Å². The summed E-state index contributed by atoms with van der Waals surface area (Å²) in [6, 6.07) is 3.79. The first-order valence-electron chi connectivity index (χ1n) is 6.65. The normalized spacial score (nSPS) is 25.6. The van der Waals surface area contributed by atoms with Crippen molar-refractivity contribution >= 4 is 5.69 Å². The maximum Gasteiger partial charge on any atom is 0.126 e. The van der Waals surface area contributed by atoms with Crippen LogP contribution in [0.1, 0.15) is 44.4 Å². The second-order valence-corrected chi connectivity index (χ2v) is 5.68. The first-order valence-corrected chi connectivity index (χ1v) is 6.65. The van der Waals surface area contributed by atoms with Crippen LogP contribution in [0.4, 0.5) is 10.1 Å². The molecular formula is C15H22FNO. The number of halogens is 1. The van der Waals surface area contributed by atoms with Crippen molar-refractivity contribution in [2.45, 2.75) is 46.3 Å². The molecule has 18 heavy (non-hydrogen) atoms. The van der Waals surface area contributed by atoms with Crippen LogP contribution in [-0.2, 0) is 0 Å². The zero-order valence-corrected chi connectivity index (χ0v) is 11.6. The highest BCUT2D eigenvalue weighted by Gasteiger charge is 2.28. The topological polar surface area (TPSA) is 23.5 Å². The molecule has 1 saturated heterocycles. The van der Waals surface area contributed by atoms with Crippen molar-refractivity contribution in [3.8, 4) is 0 Å². The number of benzene rings is 1. The van der Waals surface area contributed by atoms with Crippen molar-refractivity contribution in [1.82, 2.24) is 0 Å². The molecule has 3 atom stereocenters. The molecule has 100 valence electrons. The van der Waals surface area contributed by atoms with E-state index in [1.165, 1.54) is 6.07 Å². The minimum Gasteiger partial charge on any atom is -0.389 e. The zero-order valence-electron chi connectivity index (χ0n) is 11.6. The lowest BCUT2D eigenvalue weighted by molar-refractivity contribution is 0.199. The average molecular weight is 251 g/mol. The Morgan fingerprint density at radius 1 is 1.39 bits per heavy atom. The van der Waals surface area contributed by atoms with Crippen molar-refractivity contribution in [3.05, 3.63) is 29.1 Å². The average Bonchev–Trinajstić information content (AvgIpc) is 2.61. The summed E-state index contributed by atoms with van der Waals surface area (Å²) < 4.78 is 13.7. The van der Waals surface area contributed by atoms with E-state index < -0.39 is 6.10 Å². The molecule has 1 aromatic rings. The largest absolute Gasteiger partial charge is 0.389 e. The number of hydrogen-bond acceptors (Lipinski definition) is 2. The predicted molar refractivity (Wildman–Crippen MR) is 72.4 cm³/mol. The molecule has 0 aliphatic carbocycles. The SMILES string of the molecule is Cc1cc(N2CC(C)CC2C)c([C@H](C)O)cc1F. The molecule has 0 spiro atoms. The van der Waals surface area contributed by atoms with Crippen LogP contribution in [0.15, 0.2) is 12.1 Å². The van der Waals surface area contributed by atoms with Gasteiger partial charge in [0.25, 0.3) is 0 Å². The van der Waals surface area contributed by atoms with E-state index in [1.54, 1.807) is 13.8 Å². The number of aryl methyl sites for hydroxylation is 1. The highest BCUT2D eigenvalue weighted by molar-refractivity contribution is 5.58. The van der Waals surface area contributed by atoms with E-state index >= 15 is 0 Å². The molecule has 0 radical (unpaired) electrons. The Morgan fingerprint density at radius 2 is 2.06 bits per heavy atom. The summed E-state index contributed by atoms with van der Waals surface area (Å²) in [5.41, 5.74) is 2.32. The Morgan fingerprint density at radius 3 is 2.56 bits per heavy atom.